The fourth-order valence-corrected chi connectivity index (χ4v) is 5.66. The first-order valence-electron chi connectivity index (χ1n) is 10.6. The Hall–Kier alpha value is -3.28. The Labute approximate surface area is 198 Å². The Morgan fingerprint density at radius 1 is 1.06 bits per heavy atom. The minimum absolute atomic E-state index is 0.0507. The van der Waals surface area contributed by atoms with Crippen molar-refractivity contribution in [3.05, 3.63) is 83.9 Å². The first-order valence-corrected chi connectivity index (χ1v) is 13.1. The van der Waals surface area contributed by atoms with E-state index >= 15 is 0 Å². The third-order valence-corrected chi connectivity index (χ3v) is 7.78. The molecule has 1 aliphatic rings. The number of carbonyl (C=O) groups excluding carboxylic acids is 1. The zero-order valence-corrected chi connectivity index (χ0v) is 19.5. The second-order valence-corrected chi connectivity index (χ2v) is 10.5. The van der Waals surface area contributed by atoms with E-state index in [0.29, 0.717) is 30.0 Å². The molecule has 3 aromatic rings. The van der Waals surface area contributed by atoms with E-state index in [1.807, 2.05) is 24.3 Å². The fourth-order valence-electron chi connectivity index (χ4n) is 3.75. The van der Waals surface area contributed by atoms with Gasteiger partial charge in [0.2, 0.25) is 5.91 Å². The molecule has 33 heavy (non-hydrogen) atoms. The molecule has 3 aromatic carbocycles. The normalized spacial score (nSPS) is 13.1. The number of hydrogen-bond acceptors (Lipinski definition) is 5. The standard InChI is InChI=1S/C25H23N3O3S2/c26-18-19-8-11-22(12-9-19)32-16-14-25(29)28-15-4-5-20-17-21(10-13-24(20)28)27-33(30,31)23-6-2-1-3-7-23/h1-3,6-13,17,27H,4-5,14-16H2. The Morgan fingerprint density at radius 3 is 2.55 bits per heavy atom. The molecule has 1 amide bonds. The number of fused-ring (bicyclic) bond motifs is 1. The topological polar surface area (TPSA) is 90.3 Å². The van der Waals surface area contributed by atoms with E-state index in [1.54, 1.807) is 65.2 Å². The molecule has 4 rings (SSSR count). The van der Waals surface area contributed by atoms with Gasteiger partial charge < -0.3 is 4.90 Å². The molecule has 168 valence electrons. The molecule has 1 heterocycles. The molecule has 1 N–H and O–H groups in total. The summed E-state index contributed by atoms with van der Waals surface area (Å²) in [6.45, 7) is 0.655. The second kappa shape index (κ2) is 10.1. The number of carbonyl (C=O) groups is 1. The number of amides is 1. The molecule has 0 saturated carbocycles. The molecule has 0 unspecified atom stereocenters. The van der Waals surface area contributed by atoms with E-state index in [9.17, 15) is 13.2 Å². The van der Waals surface area contributed by atoms with Crippen LogP contribution in [0.2, 0.25) is 0 Å². The summed E-state index contributed by atoms with van der Waals surface area (Å²) >= 11 is 1.59. The van der Waals surface area contributed by atoms with E-state index in [0.717, 1.165) is 29.0 Å². The van der Waals surface area contributed by atoms with E-state index in [1.165, 1.54) is 0 Å². The summed E-state index contributed by atoms with van der Waals surface area (Å²) in [7, 11) is -3.66. The van der Waals surface area contributed by atoms with Crippen molar-refractivity contribution in [2.45, 2.75) is 29.1 Å². The predicted molar refractivity (Wildman–Crippen MR) is 131 cm³/mol. The molecular weight excluding hydrogens is 454 g/mol. The van der Waals surface area contributed by atoms with E-state index in [4.69, 9.17) is 5.26 Å². The van der Waals surface area contributed by atoms with Gasteiger partial charge in [0.15, 0.2) is 0 Å². The van der Waals surface area contributed by atoms with Crippen molar-refractivity contribution >= 4 is 39.1 Å². The van der Waals surface area contributed by atoms with Gasteiger partial charge >= 0.3 is 0 Å². The summed E-state index contributed by atoms with van der Waals surface area (Å²) < 4.78 is 27.9. The number of anilines is 2. The Balaban J connectivity index is 1.41. The minimum Gasteiger partial charge on any atom is -0.312 e. The third kappa shape index (κ3) is 5.56. The van der Waals surface area contributed by atoms with Crippen molar-refractivity contribution in [1.82, 2.24) is 0 Å². The highest BCUT2D eigenvalue weighted by Crippen LogP contribution is 2.31. The maximum atomic E-state index is 12.9. The molecule has 8 heteroatoms. The smallest absolute Gasteiger partial charge is 0.261 e. The van der Waals surface area contributed by atoms with Gasteiger partial charge in [0, 0.05) is 35.0 Å². The molecule has 0 atom stereocenters. The van der Waals surface area contributed by atoms with Gasteiger partial charge in [-0.3, -0.25) is 9.52 Å². The van der Waals surface area contributed by atoms with Crippen molar-refractivity contribution in [2.75, 3.05) is 21.9 Å². The second-order valence-electron chi connectivity index (χ2n) is 7.65. The van der Waals surface area contributed by atoms with Crippen molar-refractivity contribution in [1.29, 1.82) is 5.26 Å². The lowest BCUT2D eigenvalue weighted by molar-refractivity contribution is -0.118. The fraction of sp³-hybridized carbons (Fsp3) is 0.200. The van der Waals surface area contributed by atoms with Gasteiger partial charge in [-0.05, 0) is 73.0 Å². The minimum atomic E-state index is -3.66. The summed E-state index contributed by atoms with van der Waals surface area (Å²) in [6, 6.07) is 23.0. The van der Waals surface area contributed by atoms with E-state index < -0.39 is 10.0 Å². The zero-order valence-electron chi connectivity index (χ0n) is 17.9. The number of nitrogens with one attached hydrogen (secondary N) is 1. The monoisotopic (exact) mass is 477 g/mol. The first-order chi connectivity index (χ1) is 16.0. The largest absolute Gasteiger partial charge is 0.312 e. The first kappa shape index (κ1) is 22.9. The molecule has 0 bridgehead atoms. The van der Waals surface area contributed by atoms with Crippen LogP contribution in [0.5, 0.6) is 0 Å². The average Bonchev–Trinajstić information content (AvgIpc) is 2.84. The van der Waals surface area contributed by atoms with E-state index in [-0.39, 0.29) is 10.8 Å². The Morgan fingerprint density at radius 2 is 1.82 bits per heavy atom. The molecule has 0 radical (unpaired) electrons. The number of aryl methyl sites for hydroxylation is 1. The molecule has 0 spiro atoms. The van der Waals surface area contributed by atoms with Crippen LogP contribution in [0.15, 0.2) is 82.6 Å². The van der Waals surface area contributed by atoms with Crippen LogP contribution in [0, 0.1) is 11.3 Å². The van der Waals surface area contributed by atoms with Gasteiger partial charge in [-0.2, -0.15) is 5.26 Å². The molecule has 0 aliphatic carbocycles. The lowest BCUT2D eigenvalue weighted by atomic mass is 10.0. The van der Waals surface area contributed by atoms with Gasteiger partial charge in [-0.1, -0.05) is 18.2 Å². The van der Waals surface area contributed by atoms with Crippen molar-refractivity contribution in [3.63, 3.8) is 0 Å². The summed E-state index contributed by atoms with van der Waals surface area (Å²) in [5, 5.41) is 8.89. The lowest BCUT2D eigenvalue weighted by Crippen LogP contribution is -2.35. The van der Waals surface area contributed by atoms with Crippen LogP contribution in [0.3, 0.4) is 0 Å². The molecule has 0 saturated heterocycles. The lowest BCUT2D eigenvalue weighted by Gasteiger charge is -2.30. The number of sulfonamides is 1. The van der Waals surface area contributed by atoms with Gasteiger partial charge in [-0.15, -0.1) is 11.8 Å². The van der Waals surface area contributed by atoms with Crippen LogP contribution in [0.25, 0.3) is 0 Å². The quantitative estimate of drug-likeness (QED) is 0.493. The highest BCUT2D eigenvalue weighted by atomic mass is 32.2. The number of benzene rings is 3. The summed E-state index contributed by atoms with van der Waals surface area (Å²) in [5.41, 5.74) is 2.91. The maximum absolute atomic E-state index is 12.9. The molecule has 0 fully saturated rings. The Bertz CT molecular complexity index is 1280. The molecule has 0 aromatic heterocycles. The van der Waals surface area contributed by atoms with Gasteiger partial charge in [0.05, 0.1) is 16.5 Å². The summed E-state index contributed by atoms with van der Waals surface area (Å²) in [6.07, 6.45) is 2.02. The average molecular weight is 478 g/mol. The van der Waals surface area contributed by atoms with Crippen molar-refractivity contribution in [2.24, 2.45) is 0 Å². The number of nitriles is 1. The van der Waals surface area contributed by atoms with Crippen molar-refractivity contribution in [3.8, 4) is 6.07 Å². The number of hydrogen-bond donors (Lipinski definition) is 1. The highest BCUT2D eigenvalue weighted by Gasteiger charge is 2.23. The molecule has 1 aliphatic heterocycles. The predicted octanol–water partition coefficient (Wildman–Crippen LogP) is 4.82. The summed E-state index contributed by atoms with van der Waals surface area (Å²) in [4.78, 5) is 15.9. The Kier molecular flexibility index (Phi) is 7.02. The molecule has 6 nitrogen and oxygen atoms in total. The number of thioether (sulfide) groups is 1. The van der Waals surface area contributed by atoms with Crippen LogP contribution < -0.4 is 9.62 Å². The maximum Gasteiger partial charge on any atom is 0.261 e. The number of nitrogens with zero attached hydrogens (tertiary/aromatic N) is 2. The molecular formula is C25H23N3O3S2. The van der Waals surface area contributed by atoms with Crippen LogP contribution in [-0.2, 0) is 21.2 Å². The number of rotatable bonds is 7. The van der Waals surface area contributed by atoms with E-state index in [2.05, 4.69) is 10.8 Å². The van der Waals surface area contributed by atoms with Gasteiger partial charge in [0.1, 0.15) is 0 Å². The zero-order chi connectivity index (χ0) is 23.3. The van der Waals surface area contributed by atoms with Crippen LogP contribution in [-0.4, -0.2) is 26.6 Å². The van der Waals surface area contributed by atoms with Gasteiger partial charge in [-0.25, -0.2) is 8.42 Å². The third-order valence-electron chi connectivity index (χ3n) is 5.37. The highest BCUT2D eigenvalue weighted by molar-refractivity contribution is 7.99. The van der Waals surface area contributed by atoms with Crippen molar-refractivity contribution < 1.29 is 13.2 Å². The SMILES string of the molecule is N#Cc1ccc(SCCC(=O)N2CCCc3cc(NS(=O)(=O)c4ccccc4)ccc32)cc1. The van der Waals surface area contributed by atoms with Crippen LogP contribution >= 0.6 is 11.8 Å². The van der Waals surface area contributed by atoms with Crippen LogP contribution in [0.4, 0.5) is 11.4 Å². The van der Waals surface area contributed by atoms with Crippen LogP contribution in [0.1, 0.15) is 24.0 Å². The van der Waals surface area contributed by atoms with Gasteiger partial charge in [0.25, 0.3) is 10.0 Å². The summed E-state index contributed by atoms with van der Waals surface area (Å²) in [5.74, 6) is 0.695.